The van der Waals surface area contributed by atoms with Crippen LogP contribution in [0.3, 0.4) is 0 Å². The molecule has 3 heterocycles. The van der Waals surface area contributed by atoms with Crippen molar-refractivity contribution in [1.29, 1.82) is 0 Å². The summed E-state index contributed by atoms with van der Waals surface area (Å²) in [7, 11) is -3.95. The van der Waals surface area contributed by atoms with Gasteiger partial charge in [0.1, 0.15) is 29.5 Å². The van der Waals surface area contributed by atoms with E-state index in [1.165, 1.54) is 4.90 Å². The van der Waals surface area contributed by atoms with Crippen LogP contribution in [-0.4, -0.2) is 76.1 Å². The molecule has 12 nitrogen and oxygen atoms in total. The molecule has 5 atom stereocenters. The minimum Gasteiger partial charge on any atom is -0.459 e. The van der Waals surface area contributed by atoms with Gasteiger partial charge in [-0.25, -0.2) is 12.8 Å². The van der Waals surface area contributed by atoms with Crippen LogP contribution in [-0.2, 0) is 30.6 Å². The van der Waals surface area contributed by atoms with Gasteiger partial charge in [-0.2, -0.15) is 18.2 Å². The zero-order chi connectivity index (χ0) is 39.3. The lowest BCUT2D eigenvalue weighted by Gasteiger charge is -2.30. The molecule has 3 amide bonds. The van der Waals surface area contributed by atoms with E-state index in [0.29, 0.717) is 50.1 Å². The molecule has 2 aromatic carbocycles. The Labute approximate surface area is 316 Å². The molecule has 17 heteroatoms. The molecule has 296 valence electrons. The van der Waals surface area contributed by atoms with Crippen LogP contribution in [0.4, 0.5) is 23.2 Å². The molecule has 1 aromatic heterocycles. The number of aromatic nitrogens is 2. The Kier molecular flexibility index (Phi) is 10.4. The van der Waals surface area contributed by atoms with E-state index < -0.39 is 80.2 Å². The average Bonchev–Trinajstić information content (AvgIpc) is 4.01. The summed E-state index contributed by atoms with van der Waals surface area (Å²) in [6.45, 7) is 3.79. The third-order valence-electron chi connectivity index (χ3n) is 10.8. The maximum atomic E-state index is 14.6. The number of carbonyl (C=O) groups excluding carboxylic acids is 3. The first-order valence-corrected chi connectivity index (χ1v) is 20.2. The zero-order valence-electron chi connectivity index (χ0n) is 30.4. The van der Waals surface area contributed by atoms with Gasteiger partial charge in [0, 0.05) is 24.1 Å². The Bertz CT molecular complexity index is 2120. The Morgan fingerprint density at radius 2 is 1.84 bits per heavy atom. The summed E-state index contributed by atoms with van der Waals surface area (Å²) in [6, 6.07) is 7.22. The second-order valence-corrected chi connectivity index (χ2v) is 17.2. The predicted octanol–water partition coefficient (Wildman–Crippen LogP) is 5.61. The van der Waals surface area contributed by atoms with Crippen LogP contribution in [0.25, 0.3) is 11.0 Å². The molecule has 0 radical (unpaired) electrons. The molecule has 55 heavy (non-hydrogen) atoms. The molecule has 3 N–H and O–H groups in total. The van der Waals surface area contributed by atoms with Gasteiger partial charge >= 0.3 is 6.18 Å². The SMILES string of the molecule is CC(C)n1c(O[C@@H]2C[C@H]3C(=O)N[C@]4(C(=O)NS(=O)(=O)C5CC5)C[C@H]4C=CCCCCC[C@H](Nc4cc(F)cc(C(F)(F)F)c4)C(=O)N3C2)nc2ccccc21. The minimum absolute atomic E-state index is 0.0393. The number of hydrogen-bond donors (Lipinski definition) is 3. The fraction of sp³-hybridized carbons (Fsp3) is 0.526. The maximum Gasteiger partial charge on any atom is 0.416 e. The lowest BCUT2D eigenvalue weighted by molar-refractivity contribution is -0.140. The Morgan fingerprint density at radius 3 is 2.56 bits per heavy atom. The summed E-state index contributed by atoms with van der Waals surface area (Å²) < 4.78 is 91.6. The van der Waals surface area contributed by atoms with Crippen molar-refractivity contribution in [2.45, 2.75) is 113 Å². The second kappa shape index (κ2) is 14.8. The van der Waals surface area contributed by atoms with Gasteiger partial charge in [-0.1, -0.05) is 37.1 Å². The Morgan fingerprint density at radius 1 is 1.07 bits per heavy atom. The highest BCUT2D eigenvalue weighted by Crippen LogP contribution is 2.46. The number of nitrogens with zero attached hydrogens (tertiary/aromatic N) is 3. The number of anilines is 1. The van der Waals surface area contributed by atoms with Crippen molar-refractivity contribution in [3.05, 3.63) is 66.0 Å². The molecule has 2 saturated carbocycles. The predicted molar refractivity (Wildman–Crippen MR) is 195 cm³/mol. The van der Waals surface area contributed by atoms with E-state index in [9.17, 15) is 40.4 Å². The van der Waals surface area contributed by atoms with Gasteiger partial charge in [-0.05, 0) is 82.7 Å². The topological polar surface area (TPSA) is 152 Å². The molecular formula is C38H44F4N6O6S. The zero-order valence-corrected chi connectivity index (χ0v) is 31.3. The maximum absolute atomic E-state index is 14.6. The number of ether oxygens (including phenoxy) is 1. The summed E-state index contributed by atoms with van der Waals surface area (Å²) in [5, 5.41) is 4.96. The monoisotopic (exact) mass is 788 g/mol. The van der Waals surface area contributed by atoms with Crippen molar-refractivity contribution < 1.29 is 45.1 Å². The number of fused-ring (bicyclic) bond motifs is 3. The molecule has 7 rings (SSSR count). The second-order valence-electron chi connectivity index (χ2n) is 15.3. The lowest BCUT2D eigenvalue weighted by Crippen LogP contribution is -2.57. The van der Waals surface area contributed by atoms with Crippen LogP contribution in [0.5, 0.6) is 6.01 Å². The smallest absolute Gasteiger partial charge is 0.416 e. The number of para-hydroxylation sites is 2. The normalized spacial score (nSPS) is 26.5. The van der Waals surface area contributed by atoms with Gasteiger partial charge in [-0.3, -0.25) is 23.7 Å². The van der Waals surface area contributed by atoms with Crippen molar-refractivity contribution in [2.75, 3.05) is 11.9 Å². The summed E-state index contributed by atoms with van der Waals surface area (Å²) >= 11 is 0. The molecule has 0 spiro atoms. The number of imidazole rings is 1. The van der Waals surface area contributed by atoms with E-state index in [2.05, 4.69) is 20.3 Å². The van der Waals surface area contributed by atoms with Crippen molar-refractivity contribution in [3.8, 4) is 6.01 Å². The number of benzene rings is 2. The summed E-state index contributed by atoms with van der Waals surface area (Å²) in [4.78, 5) is 48.6. The molecule has 2 aliphatic heterocycles. The third-order valence-corrected chi connectivity index (χ3v) is 12.6. The molecule has 3 fully saturated rings. The van der Waals surface area contributed by atoms with Crippen LogP contribution in [0.1, 0.15) is 83.2 Å². The van der Waals surface area contributed by atoms with Crippen LogP contribution in [0, 0.1) is 11.7 Å². The quantitative estimate of drug-likeness (QED) is 0.197. The van der Waals surface area contributed by atoms with E-state index in [0.717, 1.165) is 17.6 Å². The third kappa shape index (κ3) is 8.17. The van der Waals surface area contributed by atoms with Gasteiger partial charge in [0.15, 0.2) is 0 Å². The van der Waals surface area contributed by atoms with Gasteiger partial charge < -0.3 is 20.3 Å². The Hall–Kier alpha value is -4.67. The van der Waals surface area contributed by atoms with Crippen molar-refractivity contribution in [2.24, 2.45) is 5.92 Å². The highest BCUT2D eigenvalue weighted by Gasteiger charge is 2.62. The lowest BCUT2D eigenvalue weighted by atomic mass is 10.0. The van der Waals surface area contributed by atoms with Gasteiger partial charge in [0.05, 0.1) is 28.4 Å². The number of sulfonamides is 1. The fourth-order valence-electron chi connectivity index (χ4n) is 7.64. The van der Waals surface area contributed by atoms with Gasteiger partial charge in [0.25, 0.3) is 11.9 Å². The number of carbonyl (C=O) groups is 3. The highest BCUT2D eigenvalue weighted by molar-refractivity contribution is 7.91. The molecular weight excluding hydrogens is 745 g/mol. The van der Waals surface area contributed by atoms with Crippen LogP contribution < -0.4 is 20.1 Å². The standard InChI is InChI=1S/C38H44F4N6O6S/c1-22(2)48-31-13-9-8-11-29(31)44-36(48)54-27-19-32-33(49)45-37(35(51)46-55(52,53)28-14-15-28)20-23(37)10-6-4-3-5-7-12-30(34(50)47(32)21-27)43-26-17-24(38(40,41)42)16-25(39)18-26/h6,8-11,13,16-18,22-23,27-28,30,32,43H,3-5,7,12,14-15,19-21H2,1-2H3,(H,45,49)(H,46,51)/t23-,27-,30+,32+,37-/m1/s1. The molecule has 3 aromatic rings. The van der Waals surface area contributed by atoms with Gasteiger partial charge in [-0.15, -0.1) is 0 Å². The van der Waals surface area contributed by atoms with Crippen molar-refractivity contribution >= 4 is 44.5 Å². The van der Waals surface area contributed by atoms with E-state index in [4.69, 9.17) is 4.74 Å². The molecule has 0 unspecified atom stereocenters. The number of nitrogens with one attached hydrogen (secondary N) is 3. The Balaban J connectivity index is 1.22. The van der Waals surface area contributed by atoms with Crippen molar-refractivity contribution in [3.63, 3.8) is 0 Å². The first-order chi connectivity index (χ1) is 26.1. The van der Waals surface area contributed by atoms with E-state index in [1.54, 1.807) is 6.08 Å². The first-order valence-electron chi connectivity index (χ1n) is 18.7. The summed E-state index contributed by atoms with van der Waals surface area (Å²) in [6.07, 6.45) is 1.58. The minimum atomic E-state index is -4.84. The van der Waals surface area contributed by atoms with Crippen LogP contribution in [0.2, 0.25) is 0 Å². The first kappa shape index (κ1) is 38.6. The largest absolute Gasteiger partial charge is 0.459 e. The van der Waals surface area contributed by atoms with E-state index in [-0.39, 0.29) is 43.5 Å². The fourth-order valence-corrected chi connectivity index (χ4v) is 9.00. The molecule has 2 aliphatic carbocycles. The number of allylic oxidation sites excluding steroid dienone is 1. The number of amides is 3. The molecule has 1 saturated heterocycles. The van der Waals surface area contributed by atoms with Crippen LogP contribution in [0.15, 0.2) is 54.6 Å². The number of hydrogen-bond acceptors (Lipinski definition) is 8. The number of rotatable bonds is 8. The summed E-state index contributed by atoms with van der Waals surface area (Å²) in [5.41, 5.74) is -1.57. The van der Waals surface area contributed by atoms with E-state index >= 15 is 0 Å². The average molecular weight is 789 g/mol. The van der Waals surface area contributed by atoms with E-state index in [1.807, 2.05) is 48.8 Å². The molecule has 0 bridgehead atoms. The number of alkyl halides is 3. The highest BCUT2D eigenvalue weighted by atomic mass is 32.2. The molecule has 4 aliphatic rings. The summed E-state index contributed by atoms with van der Waals surface area (Å²) in [5.74, 6) is -3.83. The van der Waals surface area contributed by atoms with Crippen molar-refractivity contribution in [1.82, 2.24) is 24.5 Å². The van der Waals surface area contributed by atoms with Crippen LogP contribution >= 0.6 is 0 Å². The van der Waals surface area contributed by atoms with Gasteiger partial charge in [0.2, 0.25) is 21.8 Å². The number of halogens is 4.